The molecule has 3 N–H and O–H groups in total. The summed E-state index contributed by atoms with van der Waals surface area (Å²) >= 11 is 7.27. The summed E-state index contributed by atoms with van der Waals surface area (Å²) in [6.07, 6.45) is -0.927. The van der Waals surface area contributed by atoms with Gasteiger partial charge in [0.15, 0.2) is 5.82 Å². The smallest absolute Gasteiger partial charge is 0.430 e. The molecule has 0 fully saturated rings. The molecule has 0 saturated carbocycles. The molecule has 0 unspecified atom stereocenters. The number of amides is 1. The van der Waals surface area contributed by atoms with Crippen LogP contribution in [0, 0.1) is 11.6 Å². The van der Waals surface area contributed by atoms with Crippen molar-refractivity contribution in [3.63, 3.8) is 0 Å². The third-order valence-electron chi connectivity index (χ3n) is 4.63. The maximum atomic E-state index is 15.2. The number of carbonyl (C=O) groups is 1. The van der Waals surface area contributed by atoms with Crippen molar-refractivity contribution in [3.05, 3.63) is 75.6 Å². The highest BCUT2D eigenvalue weighted by Gasteiger charge is 2.38. The van der Waals surface area contributed by atoms with Gasteiger partial charge in [-0.2, -0.15) is 0 Å². The van der Waals surface area contributed by atoms with Crippen LogP contribution in [0.25, 0.3) is 6.08 Å². The quantitative estimate of drug-likeness (QED) is 0.347. The van der Waals surface area contributed by atoms with Crippen molar-refractivity contribution in [1.29, 1.82) is 0 Å². The highest BCUT2D eigenvalue weighted by atomic mass is 35.5. The number of hydrogen-bond donors (Lipinski definition) is 2. The lowest BCUT2D eigenvalue weighted by atomic mass is 10.1. The number of ether oxygens (including phenoxy) is 1. The lowest BCUT2D eigenvalue weighted by Gasteiger charge is -2.26. The number of thiazole rings is 1. The van der Waals surface area contributed by atoms with Gasteiger partial charge in [-0.25, -0.2) is 27.0 Å². The normalized spacial score (nSPS) is 12.6. The summed E-state index contributed by atoms with van der Waals surface area (Å²) in [5, 5.41) is 3.72. The maximum absolute atomic E-state index is 15.2. The Morgan fingerprint density at radius 3 is 2.56 bits per heavy atom. The molecule has 0 aliphatic rings. The summed E-state index contributed by atoms with van der Waals surface area (Å²) in [5.74, 6) is -2.13. The predicted molar refractivity (Wildman–Crippen MR) is 136 cm³/mol. The minimum absolute atomic E-state index is 0.0557. The molecule has 0 aliphatic heterocycles. The molecule has 0 radical (unpaired) electrons. The Balaban J connectivity index is 2.00. The van der Waals surface area contributed by atoms with Crippen molar-refractivity contribution in [1.82, 2.24) is 4.98 Å². The Hall–Kier alpha value is -3.06. The predicted octanol–water partition coefficient (Wildman–Crippen LogP) is 5.92. The van der Waals surface area contributed by atoms with Crippen LogP contribution in [0.5, 0.6) is 0 Å². The topological polar surface area (TPSA) is 115 Å². The Bertz CT molecular complexity index is 1390. The molecule has 13 heteroatoms. The van der Waals surface area contributed by atoms with Crippen molar-refractivity contribution in [2.45, 2.75) is 37.4 Å². The summed E-state index contributed by atoms with van der Waals surface area (Å²) in [5.41, 5.74) is 6.87. The van der Waals surface area contributed by atoms with E-state index in [1.165, 1.54) is 35.2 Å². The van der Waals surface area contributed by atoms with Crippen LogP contribution in [0.3, 0.4) is 0 Å². The van der Waals surface area contributed by atoms with Crippen LogP contribution in [-0.2, 0) is 14.8 Å². The molecule has 0 aliphatic carbocycles. The van der Waals surface area contributed by atoms with Crippen molar-refractivity contribution >= 4 is 56.6 Å². The number of carbonyl (C=O) groups excluding carboxylic acids is 1. The number of nitrogens with one attached hydrogen (secondary N) is 1. The van der Waals surface area contributed by atoms with Crippen LogP contribution in [0.2, 0.25) is 5.02 Å². The first-order chi connectivity index (χ1) is 16.7. The first-order valence-corrected chi connectivity index (χ1v) is 13.1. The lowest BCUT2D eigenvalue weighted by Crippen LogP contribution is -2.41. The number of benzene rings is 2. The number of nitrogens with two attached hydrogens (primary N) is 1. The van der Waals surface area contributed by atoms with Crippen LogP contribution in [0.4, 0.5) is 25.1 Å². The van der Waals surface area contributed by atoms with E-state index in [0.717, 1.165) is 23.5 Å². The first kappa shape index (κ1) is 27.5. The van der Waals surface area contributed by atoms with E-state index in [1.54, 1.807) is 20.8 Å². The molecule has 0 spiro atoms. The van der Waals surface area contributed by atoms with Crippen LogP contribution < -0.4 is 15.4 Å². The van der Waals surface area contributed by atoms with E-state index in [4.69, 9.17) is 22.1 Å². The van der Waals surface area contributed by atoms with Gasteiger partial charge in [0, 0.05) is 10.9 Å². The van der Waals surface area contributed by atoms with Gasteiger partial charge in [-0.3, -0.25) is 0 Å². The van der Waals surface area contributed by atoms with E-state index in [1.807, 2.05) is 0 Å². The maximum Gasteiger partial charge on any atom is 0.430 e. The number of aromatic nitrogens is 1. The molecule has 192 valence electrons. The van der Waals surface area contributed by atoms with Gasteiger partial charge in [-0.05, 0) is 50.6 Å². The molecule has 1 aromatic heterocycles. The zero-order chi connectivity index (χ0) is 26.8. The van der Waals surface area contributed by atoms with Crippen LogP contribution in [0.1, 0.15) is 38.1 Å². The van der Waals surface area contributed by atoms with E-state index in [0.29, 0.717) is 5.56 Å². The monoisotopic (exact) mass is 556 g/mol. The Kier molecular flexibility index (Phi) is 8.04. The van der Waals surface area contributed by atoms with Crippen LogP contribution in [-0.4, -0.2) is 25.1 Å². The van der Waals surface area contributed by atoms with Crippen LogP contribution in [0.15, 0.2) is 52.7 Å². The largest absolute Gasteiger partial charge is 0.443 e. The molecule has 1 heterocycles. The second-order valence-corrected chi connectivity index (χ2v) is 11.3. The summed E-state index contributed by atoms with van der Waals surface area (Å²) < 4.78 is 61.7. The fourth-order valence-electron chi connectivity index (χ4n) is 3.03. The van der Waals surface area contributed by atoms with Gasteiger partial charge in [0.1, 0.15) is 28.3 Å². The fraction of sp³-hybridized carbons (Fsp3) is 0.217. The molecule has 0 bridgehead atoms. The van der Waals surface area contributed by atoms with Gasteiger partial charge < -0.3 is 15.8 Å². The average molecular weight is 557 g/mol. The molecule has 8 nitrogen and oxygen atoms in total. The minimum Gasteiger partial charge on any atom is -0.443 e. The van der Waals surface area contributed by atoms with Gasteiger partial charge >= 0.3 is 6.09 Å². The zero-order valence-electron chi connectivity index (χ0n) is 19.5. The van der Waals surface area contributed by atoms with E-state index in [9.17, 15) is 17.6 Å². The molecule has 2 aromatic carbocycles. The fourth-order valence-corrected chi connectivity index (χ4v) is 5.25. The molecule has 3 rings (SSSR count). The number of anilines is 2. The highest BCUT2D eigenvalue weighted by Crippen LogP contribution is 2.34. The van der Waals surface area contributed by atoms with Gasteiger partial charge in [-0.15, -0.1) is 15.6 Å². The number of hydrogen-bond acceptors (Lipinski definition) is 8. The minimum atomic E-state index is -4.85. The molecule has 1 atom stereocenters. The van der Waals surface area contributed by atoms with Crippen LogP contribution >= 0.6 is 22.9 Å². The van der Waals surface area contributed by atoms with E-state index in [2.05, 4.69) is 16.9 Å². The van der Waals surface area contributed by atoms with Gasteiger partial charge in [0.05, 0.1) is 16.2 Å². The number of nitrogens with zero attached hydrogens (tertiary/aromatic N) is 2. The summed E-state index contributed by atoms with van der Waals surface area (Å²) in [7, 11) is -4.85. The summed E-state index contributed by atoms with van der Waals surface area (Å²) in [6, 6.07) is 5.77. The van der Waals surface area contributed by atoms with Crippen molar-refractivity contribution in [3.8, 4) is 0 Å². The van der Waals surface area contributed by atoms with Gasteiger partial charge in [-0.1, -0.05) is 30.3 Å². The lowest BCUT2D eigenvalue weighted by molar-refractivity contribution is 0.0608. The molecule has 36 heavy (non-hydrogen) atoms. The molecular weight excluding hydrogens is 534 g/mol. The van der Waals surface area contributed by atoms with E-state index >= 15 is 4.39 Å². The second kappa shape index (κ2) is 10.5. The number of rotatable bonds is 7. The zero-order valence-corrected chi connectivity index (χ0v) is 21.8. The van der Waals surface area contributed by atoms with Crippen molar-refractivity contribution in [2.24, 2.45) is 5.73 Å². The van der Waals surface area contributed by atoms with Crippen molar-refractivity contribution in [2.75, 3.05) is 9.62 Å². The third kappa shape index (κ3) is 6.01. The van der Waals surface area contributed by atoms with Crippen molar-refractivity contribution < 1.29 is 26.7 Å². The summed E-state index contributed by atoms with van der Waals surface area (Å²) in [6.45, 7) is 8.26. The SMILES string of the molecule is C=Cc1ccc(F)c([C@H](N)Nc2cc(F)c(S(=O)(=O)N(C(=O)OC(C)(C)C)c3cscn3)cc2Cl)c1. The average Bonchev–Trinajstić information content (AvgIpc) is 3.28. The Morgan fingerprint density at radius 1 is 1.28 bits per heavy atom. The Morgan fingerprint density at radius 2 is 1.97 bits per heavy atom. The molecule has 1 amide bonds. The molecule has 3 aromatic rings. The second-order valence-electron chi connectivity index (χ2n) is 8.47. The van der Waals surface area contributed by atoms with Gasteiger partial charge in [0.2, 0.25) is 0 Å². The summed E-state index contributed by atoms with van der Waals surface area (Å²) in [4.78, 5) is 15.8. The van der Waals surface area contributed by atoms with E-state index in [-0.39, 0.29) is 26.4 Å². The third-order valence-corrected chi connectivity index (χ3v) is 7.20. The van der Waals surface area contributed by atoms with Gasteiger partial charge in [0.25, 0.3) is 10.0 Å². The number of halogens is 3. The Labute approximate surface area is 216 Å². The molecule has 0 saturated heterocycles. The first-order valence-electron chi connectivity index (χ1n) is 10.3. The highest BCUT2D eigenvalue weighted by molar-refractivity contribution is 7.93. The van der Waals surface area contributed by atoms with E-state index < -0.39 is 44.4 Å². The molecular formula is C23H23ClF2N4O4S2. The standard InChI is InChI=1S/C23H23ClF2N4O4S2/c1-5-13-6-7-16(25)14(8-13)21(27)29-18-10-17(26)19(9-15(18)24)36(32,33)30(20-11-35-12-28-20)22(31)34-23(2,3)4/h5-12,21,29H,1,27H2,2-4H3/t21-/m1/s1. The number of sulfonamides is 1.